The molecule has 0 spiro atoms. The summed E-state index contributed by atoms with van der Waals surface area (Å²) in [4.78, 5) is 0. The largest absolute Gasteiger partial charge is 0.270 e. The van der Waals surface area contributed by atoms with Gasteiger partial charge in [-0.25, -0.2) is 0 Å². The lowest BCUT2D eigenvalue weighted by atomic mass is 10.1. The van der Waals surface area contributed by atoms with Gasteiger partial charge in [0.05, 0.1) is 38.2 Å². The minimum absolute atomic E-state index is 0.376. The molecule has 26 heavy (non-hydrogen) atoms. The Hall–Kier alpha value is -0.360. The van der Waals surface area contributed by atoms with Gasteiger partial charge in [0.15, 0.2) is 0 Å². The van der Waals surface area contributed by atoms with Gasteiger partial charge in [0.2, 0.25) is 0 Å². The first-order chi connectivity index (χ1) is 11.4. The van der Waals surface area contributed by atoms with Gasteiger partial charge < -0.3 is 0 Å². The molecule has 0 aliphatic carbocycles. The lowest BCUT2D eigenvalue weighted by Crippen LogP contribution is -2.37. The van der Waals surface area contributed by atoms with Gasteiger partial charge in [-0.1, -0.05) is 0 Å². The van der Waals surface area contributed by atoms with E-state index in [2.05, 4.69) is 8.37 Å². The van der Waals surface area contributed by atoms with Gasteiger partial charge in [-0.15, -0.1) is 0 Å². The molecule has 0 fully saturated rings. The molecule has 0 amide bonds. The topological polar surface area (TPSA) is 173 Å². The Morgan fingerprint density at radius 3 is 1.00 bits per heavy atom. The fourth-order valence-corrected chi connectivity index (χ4v) is 3.81. The van der Waals surface area contributed by atoms with Crippen LogP contribution < -0.4 is 0 Å². The van der Waals surface area contributed by atoms with E-state index in [0.717, 1.165) is 12.5 Å². The molecule has 0 bridgehead atoms. The van der Waals surface area contributed by atoms with E-state index in [1.807, 2.05) is 0 Å². The average Bonchev–Trinajstić information content (AvgIpc) is 2.30. The molecule has 158 valence electrons. The highest BCUT2D eigenvalue weighted by atomic mass is 32.2. The van der Waals surface area contributed by atoms with Gasteiger partial charge in [-0.3, -0.25) is 16.7 Å². The van der Waals surface area contributed by atoms with E-state index in [4.69, 9.17) is 8.37 Å². The van der Waals surface area contributed by atoms with E-state index >= 15 is 0 Å². The van der Waals surface area contributed by atoms with E-state index in [1.54, 1.807) is 0 Å². The third kappa shape index (κ3) is 15.9. The molecule has 0 N–H and O–H groups in total. The van der Waals surface area contributed by atoms with Crippen LogP contribution in [0.4, 0.5) is 0 Å². The van der Waals surface area contributed by atoms with E-state index in [0.29, 0.717) is 12.5 Å². The summed E-state index contributed by atoms with van der Waals surface area (Å²) in [5.74, 6) is 0. The van der Waals surface area contributed by atoms with Gasteiger partial charge in [-0.2, -0.15) is 33.7 Å². The molecule has 0 aromatic rings. The first-order valence-corrected chi connectivity index (χ1v) is 14.1. The van der Waals surface area contributed by atoms with Crippen molar-refractivity contribution in [2.24, 2.45) is 0 Å². The molecular formula is C10H22O12S4. The molecule has 12 nitrogen and oxygen atoms in total. The van der Waals surface area contributed by atoms with E-state index in [1.165, 1.54) is 0 Å². The summed E-state index contributed by atoms with van der Waals surface area (Å²) in [5.41, 5.74) is 0. The van der Waals surface area contributed by atoms with E-state index in [-0.39, 0.29) is 12.8 Å². The maximum atomic E-state index is 11.4. The first kappa shape index (κ1) is 25.6. The zero-order valence-corrected chi connectivity index (χ0v) is 17.8. The standard InChI is InChI=1S/C10H22O12S4/c1-23(11,12)19-7-5-9(21-25(3,15)16)10(22-26(4,17)18)6-8-20-24(2,13)14/h9-10H,5-8H2,1-4H3. The predicted molar refractivity (Wildman–Crippen MR) is 90.3 cm³/mol. The Bertz CT molecular complexity index is 779. The number of hydrogen-bond acceptors (Lipinski definition) is 12. The fourth-order valence-electron chi connectivity index (χ4n) is 1.67. The van der Waals surface area contributed by atoms with Crippen LogP contribution in [0, 0.1) is 0 Å². The van der Waals surface area contributed by atoms with Crippen LogP contribution >= 0.6 is 0 Å². The Kier molecular flexibility index (Phi) is 9.58. The molecule has 16 heteroatoms. The summed E-state index contributed by atoms with van der Waals surface area (Å²) in [6, 6.07) is 0. The molecule has 0 saturated heterocycles. The summed E-state index contributed by atoms with van der Waals surface area (Å²) in [5, 5.41) is 0. The van der Waals surface area contributed by atoms with Crippen molar-refractivity contribution in [2.45, 2.75) is 25.0 Å². The highest BCUT2D eigenvalue weighted by Gasteiger charge is 2.30. The van der Waals surface area contributed by atoms with Gasteiger partial charge in [0.25, 0.3) is 40.5 Å². The molecule has 0 aliphatic heterocycles. The normalized spacial score (nSPS) is 16.3. The van der Waals surface area contributed by atoms with Crippen molar-refractivity contribution in [1.29, 1.82) is 0 Å². The lowest BCUT2D eigenvalue weighted by molar-refractivity contribution is 0.0369. The summed E-state index contributed by atoms with van der Waals surface area (Å²) in [7, 11) is -15.8. The minimum atomic E-state index is -4.08. The van der Waals surface area contributed by atoms with Crippen LogP contribution in [0.3, 0.4) is 0 Å². The molecule has 0 saturated carbocycles. The van der Waals surface area contributed by atoms with Crippen LogP contribution in [-0.4, -0.2) is 84.1 Å². The van der Waals surface area contributed by atoms with Gasteiger partial charge in [0, 0.05) is 12.8 Å². The third-order valence-corrected chi connectivity index (χ3v) is 4.79. The number of hydrogen-bond donors (Lipinski definition) is 0. The van der Waals surface area contributed by atoms with Crippen LogP contribution in [0.15, 0.2) is 0 Å². The van der Waals surface area contributed by atoms with Gasteiger partial charge >= 0.3 is 0 Å². The van der Waals surface area contributed by atoms with Crippen molar-refractivity contribution in [3.8, 4) is 0 Å². The molecule has 0 aromatic carbocycles. The third-order valence-electron chi connectivity index (χ3n) is 2.41. The maximum absolute atomic E-state index is 11.4. The molecule has 0 heterocycles. The first-order valence-electron chi connectivity index (χ1n) is 6.83. The van der Waals surface area contributed by atoms with Crippen LogP contribution in [0.5, 0.6) is 0 Å². The SMILES string of the molecule is CS(=O)(=O)OCCC(OS(C)(=O)=O)C(CCOS(C)(=O)=O)OS(C)(=O)=O. The van der Waals surface area contributed by atoms with Crippen LogP contribution in [0.1, 0.15) is 12.8 Å². The predicted octanol–water partition coefficient (Wildman–Crippen LogP) is -1.59. The van der Waals surface area contributed by atoms with Crippen molar-refractivity contribution in [3.63, 3.8) is 0 Å². The van der Waals surface area contributed by atoms with Crippen molar-refractivity contribution < 1.29 is 50.4 Å². The fraction of sp³-hybridized carbons (Fsp3) is 1.00. The zero-order chi connectivity index (χ0) is 20.8. The molecule has 0 aliphatic rings. The van der Waals surface area contributed by atoms with E-state index < -0.39 is 65.9 Å². The summed E-state index contributed by atoms with van der Waals surface area (Å²) in [6.07, 6.45) is -0.759. The molecule has 2 unspecified atom stereocenters. The highest BCUT2D eigenvalue weighted by molar-refractivity contribution is 7.86. The van der Waals surface area contributed by atoms with Gasteiger partial charge in [-0.05, 0) is 0 Å². The van der Waals surface area contributed by atoms with Crippen molar-refractivity contribution in [3.05, 3.63) is 0 Å². The Balaban J connectivity index is 5.37. The van der Waals surface area contributed by atoms with Crippen LogP contribution in [-0.2, 0) is 57.2 Å². The molecule has 0 aromatic heterocycles. The molecule has 0 rings (SSSR count). The average molecular weight is 463 g/mol. The van der Waals surface area contributed by atoms with Crippen molar-refractivity contribution in [2.75, 3.05) is 38.2 Å². The Morgan fingerprint density at radius 1 is 0.538 bits per heavy atom. The monoisotopic (exact) mass is 462 g/mol. The van der Waals surface area contributed by atoms with Crippen LogP contribution in [0.2, 0.25) is 0 Å². The van der Waals surface area contributed by atoms with Crippen molar-refractivity contribution >= 4 is 40.5 Å². The summed E-state index contributed by atoms with van der Waals surface area (Å²) in [6.45, 7) is -1.04. The van der Waals surface area contributed by atoms with Crippen molar-refractivity contribution in [1.82, 2.24) is 0 Å². The molecular weight excluding hydrogens is 440 g/mol. The Morgan fingerprint density at radius 2 is 0.808 bits per heavy atom. The summed E-state index contributed by atoms with van der Waals surface area (Å²) >= 11 is 0. The highest BCUT2D eigenvalue weighted by Crippen LogP contribution is 2.18. The minimum Gasteiger partial charge on any atom is -0.270 e. The van der Waals surface area contributed by atoms with Gasteiger partial charge in [0.1, 0.15) is 12.2 Å². The number of rotatable bonds is 13. The van der Waals surface area contributed by atoms with Crippen LogP contribution in [0.25, 0.3) is 0 Å². The molecule has 2 atom stereocenters. The maximum Gasteiger partial charge on any atom is 0.264 e. The molecule has 0 radical (unpaired) electrons. The second kappa shape index (κ2) is 9.72. The second-order valence-electron chi connectivity index (χ2n) is 5.31. The quantitative estimate of drug-likeness (QED) is 0.287. The zero-order valence-electron chi connectivity index (χ0n) is 14.5. The lowest BCUT2D eigenvalue weighted by Gasteiger charge is -2.25. The smallest absolute Gasteiger partial charge is 0.264 e. The Labute approximate surface area is 154 Å². The summed E-state index contributed by atoms with van der Waals surface area (Å²) < 4.78 is 108. The second-order valence-corrected chi connectivity index (χ2v) is 11.8. The van der Waals surface area contributed by atoms with E-state index in [9.17, 15) is 33.7 Å².